The van der Waals surface area contributed by atoms with E-state index < -0.39 is 17.7 Å². The Balaban J connectivity index is 1.18. The molecule has 0 unspecified atom stereocenters. The second-order valence-corrected chi connectivity index (χ2v) is 11.9. The molecule has 3 aromatic rings. The van der Waals surface area contributed by atoms with E-state index in [1.807, 2.05) is 60.8 Å². The molecule has 38 heavy (non-hydrogen) atoms. The van der Waals surface area contributed by atoms with Crippen LogP contribution in [0.1, 0.15) is 56.3 Å². The van der Waals surface area contributed by atoms with E-state index in [-0.39, 0.29) is 25.0 Å². The molecule has 2 atom stereocenters. The summed E-state index contributed by atoms with van der Waals surface area (Å²) in [6.45, 7) is 1.77. The van der Waals surface area contributed by atoms with Crippen molar-refractivity contribution in [2.75, 3.05) is 6.54 Å². The summed E-state index contributed by atoms with van der Waals surface area (Å²) in [6, 6.07) is 17.1. The van der Waals surface area contributed by atoms with Crippen molar-refractivity contribution in [3.05, 3.63) is 71.9 Å². The van der Waals surface area contributed by atoms with Gasteiger partial charge in [0.2, 0.25) is 5.91 Å². The first-order valence-corrected chi connectivity index (χ1v) is 13.9. The first-order valence-electron chi connectivity index (χ1n) is 13.9. The Morgan fingerprint density at radius 3 is 2.37 bits per heavy atom. The maximum absolute atomic E-state index is 13.6. The molecule has 4 N–H and O–H groups in total. The van der Waals surface area contributed by atoms with Gasteiger partial charge < -0.3 is 25.5 Å². The van der Waals surface area contributed by atoms with Crippen LogP contribution in [0, 0.1) is 23.7 Å². The van der Waals surface area contributed by atoms with Crippen molar-refractivity contribution in [3.63, 3.8) is 0 Å². The Hall–Kier alpha value is -3.32. The molecule has 4 bridgehead atoms. The number of aromatic nitrogens is 1. The van der Waals surface area contributed by atoms with Gasteiger partial charge in [-0.1, -0.05) is 48.5 Å². The Kier molecular flexibility index (Phi) is 6.64. The van der Waals surface area contributed by atoms with Crippen LogP contribution in [0.5, 0.6) is 0 Å². The summed E-state index contributed by atoms with van der Waals surface area (Å²) >= 11 is 0. The lowest BCUT2D eigenvalue weighted by Gasteiger charge is -2.53. The van der Waals surface area contributed by atoms with E-state index in [1.54, 1.807) is 6.92 Å². The Bertz CT molecular complexity index is 1280. The van der Waals surface area contributed by atoms with Gasteiger partial charge in [-0.25, -0.2) is 4.79 Å². The molecule has 0 aliphatic heterocycles. The number of ether oxygens (including phenoxy) is 1. The van der Waals surface area contributed by atoms with Crippen molar-refractivity contribution in [3.8, 4) is 0 Å². The van der Waals surface area contributed by atoms with Gasteiger partial charge in [-0.05, 0) is 79.9 Å². The number of amides is 2. The maximum atomic E-state index is 13.6. The van der Waals surface area contributed by atoms with E-state index in [4.69, 9.17) is 4.74 Å². The van der Waals surface area contributed by atoms with Crippen LogP contribution < -0.4 is 10.6 Å². The zero-order valence-corrected chi connectivity index (χ0v) is 21.9. The topological polar surface area (TPSA) is 103 Å². The van der Waals surface area contributed by atoms with Crippen molar-refractivity contribution in [2.24, 2.45) is 23.7 Å². The van der Waals surface area contributed by atoms with Gasteiger partial charge in [0.1, 0.15) is 11.6 Å². The van der Waals surface area contributed by atoms with Gasteiger partial charge in [0.25, 0.3) is 0 Å². The predicted molar refractivity (Wildman–Crippen MR) is 145 cm³/mol. The lowest BCUT2D eigenvalue weighted by Crippen LogP contribution is -2.60. The molecule has 1 heterocycles. The average Bonchev–Trinajstić information content (AvgIpc) is 3.31. The van der Waals surface area contributed by atoms with Crippen LogP contribution in [0.2, 0.25) is 0 Å². The molecule has 2 amide bonds. The third-order valence-corrected chi connectivity index (χ3v) is 9.12. The lowest BCUT2D eigenvalue weighted by atomic mass is 9.55. The number of alkyl carbamates (subject to hydrolysis) is 1. The van der Waals surface area contributed by atoms with Crippen molar-refractivity contribution in [2.45, 2.75) is 63.2 Å². The van der Waals surface area contributed by atoms with Gasteiger partial charge in [-0.2, -0.15) is 0 Å². The van der Waals surface area contributed by atoms with Gasteiger partial charge >= 0.3 is 6.09 Å². The standard InChI is InChI=1S/C31H37N3O4/c1-31(16-24-17-32-26-10-6-5-9-25(24)26,29(36)33-18-27(35)21-7-3-2-4-8-21)34-30(37)38-28-22-12-19-11-20(14-22)15-23(28)13-19/h2-10,17,19-20,22-23,27-28,32,35H,11-16,18H2,1H3,(H,33,36)(H,34,37)/t19?,20?,22?,23?,27-,28?,31+/m0/s1. The number of hydrogen-bond acceptors (Lipinski definition) is 4. The van der Waals surface area contributed by atoms with E-state index in [1.165, 1.54) is 6.42 Å². The molecular formula is C31H37N3O4. The number of aliphatic hydroxyl groups is 1. The molecule has 7 rings (SSSR count). The number of benzene rings is 2. The monoisotopic (exact) mass is 515 g/mol. The number of hydrogen-bond donors (Lipinski definition) is 4. The number of aliphatic hydroxyl groups excluding tert-OH is 1. The van der Waals surface area contributed by atoms with Crippen LogP contribution in [0.15, 0.2) is 60.8 Å². The molecule has 200 valence electrons. The van der Waals surface area contributed by atoms with E-state index in [9.17, 15) is 14.7 Å². The van der Waals surface area contributed by atoms with E-state index in [2.05, 4.69) is 15.6 Å². The number of aromatic amines is 1. The highest BCUT2D eigenvalue weighted by Crippen LogP contribution is 2.54. The molecule has 4 fully saturated rings. The highest BCUT2D eigenvalue weighted by molar-refractivity contribution is 5.91. The van der Waals surface area contributed by atoms with Crippen LogP contribution in [0.25, 0.3) is 10.9 Å². The van der Waals surface area contributed by atoms with Gasteiger partial charge in [0, 0.05) is 30.1 Å². The van der Waals surface area contributed by atoms with Gasteiger partial charge in [0.05, 0.1) is 6.10 Å². The van der Waals surface area contributed by atoms with Crippen LogP contribution in [0.4, 0.5) is 4.79 Å². The van der Waals surface area contributed by atoms with Crippen LogP contribution in [-0.4, -0.2) is 40.3 Å². The smallest absolute Gasteiger partial charge is 0.408 e. The number of H-pyrrole nitrogens is 1. The average molecular weight is 516 g/mol. The highest BCUT2D eigenvalue weighted by Gasteiger charge is 2.50. The largest absolute Gasteiger partial charge is 0.446 e. The zero-order valence-electron chi connectivity index (χ0n) is 21.9. The summed E-state index contributed by atoms with van der Waals surface area (Å²) in [7, 11) is 0. The minimum absolute atomic E-state index is 0.0403. The molecule has 4 aliphatic carbocycles. The Morgan fingerprint density at radius 1 is 1.00 bits per heavy atom. The first kappa shape index (κ1) is 25.0. The van der Waals surface area contributed by atoms with Crippen molar-refractivity contribution >= 4 is 22.9 Å². The first-order chi connectivity index (χ1) is 18.4. The number of para-hydroxylation sites is 1. The van der Waals surface area contributed by atoms with Gasteiger partial charge in [0.15, 0.2) is 0 Å². The SMILES string of the molecule is C[C@](Cc1c[nH]c2ccccc12)(NC(=O)OC1C2CC3CC(C2)CC1C3)C(=O)NC[C@H](O)c1ccccc1. The predicted octanol–water partition coefficient (Wildman–Crippen LogP) is 4.87. The molecule has 4 aliphatic rings. The molecule has 4 saturated carbocycles. The molecule has 0 saturated heterocycles. The maximum Gasteiger partial charge on any atom is 0.408 e. The third kappa shape index (κ3) is 4.92. The summed E-state index contributed by atoms with van der Waals surface area (Å²) in [6.07, 6.45) is 6.64. The molecular weight excluding hydrogens is 478 g/mol. The number of carbonyl (C=O) groups is 2. The molecule has 0 spiro atoms. The second kappa shape index (κ2) is 10.1. The number of nitrogens with one attached hydrogen (secondary N) is 3. The summed E-state index contributed by atoms with van der Waals surface area (Å²) in [4.78, 5) is 30.2. The normalized spacial score (nSPS) is 28.0. The Morgan fingerprint density at radius 2 is 1.66 bits per heavy atom. The second-order valence-electron chi connectivity index (χ2n) is 11.9. The Labute approximate surface area is 223 Å². The van der Waals surface area contributed by atoms with Crippen LogP contribution >= 0.6 is 0 Å². The summed E-state index contributed by atoms with van der Waals surface area (Å²) in [5.41, 5.74) is 1.35. The van der Waals surface area contributed by atoms with E-state index in [0.29, 0.717) is 11.8 Å². The van der Waals surface area contributed by atoms with Crippen molar-refractivity contribution in [1.29, 1.82) is 0 Å². The van der Waals surface area contributed by atoms with E-state index >= 15 is 0 Å². The quantitative estimate of drug-likeness (QED) is 0.344. The highest BCUT2D eigenvalue weighted by atomic mass is 16.6. The minimum Gasteiger partial charge on any atom is -0.446 e. The summed E-state index contributed by atoms with van der Waals surface area (Å²) in [5.74, 6) is 2.09. The lowest BCUT2D eigenvalue weighted by molar-refractivity contribution is -0.128. The van der Waals surface area contributed by atoms with Gasteiger partial charge in [-0.15, -0.1) is 0 Å². The van der Waals surface area contributed by atoms with Crippen LogP contribution in [-0.2, 0) is 16.0 Å². The molecule has 2 aromatic carbocycles. The molecule has 7 nitrogen and oxygen atoms in total. The molecule has 7 heteroatoms. The number of carbonyl (C=O) groups excluding carboxylic acids is 2. The summed E-state index contributed by atoms with van der Waals surface area (Å²) in [5, 5.41) is 17.4. The van der Waals surface area contributed by atoms with E-state index in [0.717, 1.165) is 59.5 Å². The fraction of sp³-hybridized carbons (Fsp3) is 0.484. The minimum atomic E-state index is -1.27. The fourth-order valence-corrected chi connectivity index (χ4v) is 7.46. The van der Waals surface area contributed by atoms with Crippen molar-refractivity contribution < 1.29 is 19.4 Å². The molecule has 0 radical (unpaired) electrons. The number of fused-ring (bicyclic) bond motifs is 1. The van der Waals surface area contributed by atoms with Gasteiger partial charge in [-0.3, -0.25) is 4.79 Å². The van der Waals surface area contributed by atoms with Crippen molar-refractivity contribution in [1.82, 2.24) is 15.6 Å². The summed E-state index contributed by atoms with van der Waals surface area (Å²) < 4.78 is 6.09. The molecule has 1 aromatic heterocycles. The fourth-order valence-electron chi connectivity index (χ4n) is 7.46. The number of rotatable bonds is 8. The van der Waals surface area contributed by atoms with Crippen LogP contribution in [0.3, 0.4) is 0 Å². The third-order valence-electron chi connectivity index (χ3n) is 9.12. The zero-order chi connectivity index (χ0) is 26.3.